The lowest BCUT2D eigenvalue weighted by Crippen LogP contribution is -2.32. The SMILES string of the molecule is CC(CCCC(=O)O)NC(=O)CCC1CCCC1. The van der Waals surface area contributed by atoms with Crippen LogP contribution in [0.5, 0.6) is 0 Å². The zero-order chi connectivity index (χ0) is 13.4. The number of carbonyl (C=O) groups excluding carboxylic acids is 1. The Morgan fingerprint density at radius 3 is 2.56 bits per heavy atom. The summed E-state index contributed by atoms with van der Waals surface area (Å²) in [5.74, 6) is 0.0950. The molecule has 1 rings (SSSR count). The molecule has 0 radical (unpaired) electrons. The maximum Gasteiger partial charge on any atom is 0.303 e. The van der Waals surface area contributed by atoms with Crippen molar-refractivity contribution in [1.82, 2.24) is 5.32 Å². The zero-order valence-electron chi connectivity index (χ0n) is 11.3. The molecule has 0 aromatic carbocycles. The van der Waals surface area contributed by atoms with E-state index in [9.17, 15) is 9.59 Å². The van der Waals surface area contributed by atoms with Gasteiger partial charge >= 0.3 is 5.97 Å². The number of nitrogens with one attached hydrogen (secondary N) is 1. The Bertz CT molecular complexity index is 272. The van der Waals surface area contributed by atoms with E-state index < -0.39 is 5.97 Å². The van der Waals surface area contributed by atoms with Crippen LogP contribution in [0.25, 0.3) is 0 Å². The van der Waals surface area contributed by atoms with Crippen molar-refractivity contribution < 1.29 is 14.7 Å². The molecule has 1 unspecified atom stereocenters. The molecule has 0 spiro atoms. The van der Waals surface area contributed by atoms with E-state index in [0.29, 0.717) is 12.8 Å². The largest absolute Gasteiger partial charge is 0.481 e. The van der Waals surface area contributed by atoms with E-state index >= 15 is 0 Å². The molecule has 0 aromatic rings. The normalized spacial score (nSPS) is 17.6. The second kappa shape index (κ2) is 8.11. The topological polar surface area (TPSA) is 66.4 Å². The first-order chi connectivity index (χ1) is 8.58. The Morgan fingerprint density at radius 2 is 1.94 bits per heavy atom. The van der Waals surface area contributed by atoms with Gasteiger partial charge in [0.15, 0.2) is 0 Å². The molecule has 1 amide bonds. The third-order valence-electron chi connectivity index (χ3n) is 3.69. The predicted molar refractivity (Wildman–Crippen MR) is 70.3 cm³/mol. The highest BCUT2D eigenvalue weighted by atomic mass is 16.4. The first-order valence-electron chi connectivity index (χ1n) is 7.09. The molecule has 1 atom stereocenters. The molecule has 18 heavy (non-hydrogen) atoms. The molecular formula is C14H25NO3. The van der Waals surface area contributed by atoms with Crippen molar-refractivity contribution in [3.63, 3.8) is 0 Å². The van der Waals surface area contributed by atoms with Crippen LogP contribution in [-0.2, 0) is 9.59 Å². The van der Waals surface area contributed by atoms with Crippen molar-refractivity contribution in [2.75, 3.05) is 0 Å². The van der Waals surface area contributed by atoms with E-state index in [0.717, 1.165) is 18.8 Å². The quantitative estimate of drug-likeness (QED) is 0.700. The predicted octanol–water partition coefficient (Wildman–Crippen LogP) is 2.72. The summed E-state index contributed by atoms with van der Waals surface area (Å²) in [5.41, 5.74) is 0. The van der Waals surface area contributed by atoms with Crippen molar-refractivity contribution in [3.05, 3.63) is 0 Å². The molecule has 0 heterocycles. The summed E-state index contributed by atoms with van der Waals surface area (Å²) in [6.45, 7) is 1.94. The van der Waals surface area contributed by atoms with Crippen LogP contribution in [0, 0.1) is 5.92 Å². The van der Waals surface area contributed by atoms with E-state index in [1.54, 1.807) is 0 Å². The van der Waals surface area contributed by atoms with Gasteiger partial charge in [-0.3, -0.25) is 9.59 Å². The minimum Gasteiger partial charge on any atom is -0.481 e. The average molecular weight is 255 g/mol. The van der Waals surface area contributed by atoms with Gasteiger partial charge in [-0.2, -0.15) is 0 Å². The van der Waals surface area contributed by atoms with Crippen molar-refractivity contribution in [1.29, 1.82) is 0 Å². The molecule has 4 nitrogen and oxygen atoms in total. The van der Waals surface area contributed by atoms with Gasteiger partial charge in [-0.05, 0) is 32.1 Å². The Morgan fingerprint density at radius 1 is 1.28 bits per heavy atom. The first kappa shape index (κ1) is 15.0. The minimum atomic E-state index is -0.769. The Labute approximate surface area is 109 Å². The lowest BCUT2D eigenvalue weighted by Gasteiger charge is -2.14. The summed E-state index contributed by atoms with van der Waals surface area (Å²) < 4.78 is 0. The third kappa shape index (κ3) is 6.62. The lowest BCUT2D eigenvalue weighted by molar-refractivity contribution is -0.137. The van der Waals surface area contributed by atoms with Crippen LogP contribution >= 0.6 is 0 Å². The minimum absolute atomic E-state index is 0.0837. The second-order valence-corrected chi connectivity index (χ2v) is 5.44. The molecule has 1 saturated carbocycles. The van der Waals surface area contributed by atoms with Gasteiger partial charge in [-0.1, -0.05) is 25.7 Å². The van der Waals surface area contributed by atoms with E-state index in [4.69, 9.17) is 5.11 Å². The van der Waals surface area contributed by atoms with Gasteiger partial charge in [0.25, 0.3) is 0 Å². The van der Waals surface area contributed by atoms with Crippen LogP contribution in [0.2, 0.25) is 0 Å². The van der Waals surface area contributed by atoms with Crippen molar-refractivity contribution in [3.8, 4) is 0 Å². The zero-order valence-corrected chi connectivity index (χ0v) is 11.3. The molecule has 104 valence electrons. The first-order valence-corrected chi connectivity index (χ1v) is 7.09. The van der Waals surface area contributed by atoms with Gasteiger partial charge in [-0.25, -0.2) is 0 Å². The number of rotatable bonds is 8. The highest BCUT2D eigenvalue weighted by molar-refractivity contribution is 5.76. The van der Waals surface area contributed by atoms with Crippen LogP contribution < -0.4 is 5.32 Å². The van der Waals surface area contributed by atoms with Crippen molar-refractivity contribution in [2.45, 2.75) is 70.8 Å². The summed E-state index contributed by atoms with van der Waals surface area (Å²) in [7, 11) is 0. The standard InChI is InChI=1S/C14H25NO3/c1-11(5-4-8-14(17)18)15-13(16)10-9-12-6-2-3-7-12/h11-12H,2-10H2,1H3,(H,15,16)(H,17,18). The van der Waals surface area contributed by atoms with Crippen LogP contribution in [0.15, 0.2) is 0 Å². The van der Waals surface area contributed by atoms with Gasteiger partial charge in [-0.15, -0.1) is 0 Å². The summed E-state index contributed by atoms with van der Waals surface area (Å²) in [5, 5.41) is 11.5. The number of carboxylic acid groups (broad SMARTS) is 1. The third-order valence-corrected chi connectivity index (χ3v) is 3.69. The van der Waals surface area contributed by atoms with Crippen LogP contribution in [0.1, 0.15) is 64.7 Å². The maximum atomic E-state index is 11.7. The monoisotopic (exact) mass is 255 g/mol. The van der Waals surface area contributed by atoms with Crippen molar-refractivity contribution in [2.24, 2.45) is 5.92 Å². The fourth-order valence-electron chi connectivity index (χ4n) is 2.61. The van der Waals surface area contributed by atoms with Crippen LogP contribution in [0.3, 0.4) is 0 Å². The molecule has 1 fully saturated rings. The van der Waals surface area contributed by atoms with Gasteiger partial charge in [0.1, 0.15) is 0 Å². The van der Waals surface area contributed by atoms with Gasteiger partial charge < -0.3 is 10.4 Å². The van der Waals surface area contributed by atoms with Gasteiger partial charge in [0, 0.05) is 18.9 Å². The maximum absolute atomic E-state index is 11.7. The fraction of sp³-hybridized carbons (Fsp3) is 0.857. The average Bonchev–Trinajstić information content (AvgIpc) is 2.78. The highest BCUT2D eigenvalue weighted by Gasteiger charge is 2.16. The van der Waals surface area contributed by atoms with E-state index in [1.165, 1.54) is 25.7 Å². The number of amides is 1. The van der Waals surface area contributed by atoms with E-state index in [-0.39, 0.29) is 18.4 Å². The molecule has 2 N–H and O–H groups in total. The Balaban J connectivity index is 2.05. The smallest absolute Gasteiger partial charge is 0.303 e. The van der Waals surface area contributed by atoms with Gasteiger partial charge in [0.2, 0.25) is 5.91 Å². The molecule has 0 aliphatic heterocycles. The summed E-state index contributed by atoms with van der Waals surface area (Å²) in [4.78, 5) is 22.0. The number of carbonyl (C=O) groups is 2. The molecule has 4 heteroatoms. The number of hydrogen-bond donors (Lipinski definition) is 2. The summed E-state index contributed by atoms with van der Waals surface area (Å²) >= 11 is 0. The summed E-state index contributed by atoms with van der Waals surface area (Å²) in [6, 6.07) is 0.0837. The molecule has 1 aliphatic carbocycles. The van der Waals surface area contributed by atoms with Crippen LogP contribution in [-0.4, -0.2) is 23.0 Å². The number of hydrogen-bond acceptors (Lipinski definition) is 2. The highest BCUT2D eigenvalue weighted by Crippen LogP contribution is 2.28. The summed E-state index contributed by atoms with van der Waals surface area (Å²) in [6.07, 6.45) is 8.36. The molecular weight excluding hydrogens is 230 g/mol. The van der Waals surface area contributed by atoms with Crippen molar-refractivity contribution >= 4 is 11.9 Å². The van der Waals surface area contributed by atoms with Crippen LogP contribution in [0.4, 0.5) is 0 Å². The van der Waals surface area contributed by atoms with E-state index in [1.807, 2.05) is 6.92 Å². The molecule has 0 aromatic heterocycles. The molecule has 0 bridgehead atoms. The number of carboxylic acids is 1. The molecule has 1 aliphatic rings. The molecule has 0 saturated heterocycles. The number of aliphatic carboxylic acids is 1. The Hall–Kier alpha value is -1.06. The van der Waals surface area contributed by atoms with Gasteiger partial charge in [0.05, 0.1) is 0 Å². The second-order valence-electron chi connectivity index (χ2n) is 5.44. The van der Waals surface area contributed by atoms with E-state index in [2.05, 4.69) is 5.32 Å². The fourth-order valence-corrected chi connectivity index (χ4v) is 2.61. The lowest BCUT2D eigenvalue weighted by atomic mass is 10.0. The Kier molecular flexibility index (Phi) is 6.76.